The minimum absolute atomic E-state index is 0.0127. The maximum Gasteiger partial charge on any atom is 0.342 e. The number of carboxylic acid groups (broad SMARTS) is 1. The zero-order valence-corrected chi connectivity index (χ0v) is 20.6. The number of ether oxygens (including phenoxy) is 1. The van der Waals surface area contributed by atoms with Crippen molar-refractivity contribution in [2.75, 3.05) is 0 Å². The van der Waals surface area contributed by atoms with E-state index in [0.717, 1.165) is 24.0 Å². The highest BCUT2D eigenvalue weighted by atomic mass is 32.2. The molecule has 0 spiro atoms. The first-order valence-corrected chi connectivity index (χ1v) is 12.9. The van der Waals surface area contributed by atoms with Crippen LogP contribution in [0.25, 0.3) is 0 Å². The number of aryl methyl sites for hydroxylation is 1. The molecule has 186 valence electrons. The number of hydrogen-bond acceptors (Lipinski definition) is 7. The molecule has 2 N–H and O–H groups in total. The minimum atomic E-state index is -4.32. The number of phenols is 1. The van der Waals surface area contributed by atoms with Crippen molar-refractivity contribution in [2.45, 2.75) is 58.0 Å². The van der Waals surface area contributed by atoms with Crippen molar-refractivity contribution in [1.29, 1.82) is 0 Å². The molecule has 9 heteroatoms. The summed E-state index contributed by atoms with van der Waals surface area (Å²) < 4.78 is 36.8. The molecule has 1 saturated carbocycles. The average Bonchev–Trinajstić information content (AvgIpc) is 3.44. The van der Waals surface area contributed by atoms with Gasteiger partial charge in [0.1, 0.15) is 22.8 Å². The predicted octanol–water partition coefficient (Wildman–Crippen LogP) is 4.44. The van der Waals surface area contributed by atoms with Gasteiger partial charge in [-0.15, -0.1) is 0 Å². The number of carbonyl (C=O) groups excluding carboxylic acids is 1. The second kappa shape index (κ2) is 9.37. The van der Waals surface area contributed by atoms with Crippen LogP contribution in [-0.4, -0.2) is 30.6 Å². The summed E-state index contributed by atoms with van der Waals surface area (Å²) in [4.78, 5) is 24.1. The van der Waals surface area contributed by atoms with E-state index < -0.39 is 28.0 Å². The van der Waals surface area contributed by atoms with E-state index in [1.54, 1.807) is 25.1 Å². The highest BCUT2D eigenvalue weighted by Gasteiger charge is 2.36. The third-order valence-corrected chi connectivity index (χ3v) is 8.23. The standard InChI is InChI=1S/C26H28O8S/c1-14-7-10-17(11-8-14)35(31,32)34-24-20(23(27)16(3)21-13-33-26(30)22(21)24)12-9-15(2)18-5-4-6-19(18)25(28)29/h7-11,18-19,27H,4-6,12-13H2,1-3H3,(H,28,29)/b15-9+. The summed E-state index contributed by atoms with van der Waals surface area (Å²) in [5, 5.41) is 20.5. The van der Waals surface area contributed by atoms with Gasteiger partial charge in [0, 0.05) is 11.1 Å². The van der Waals surface area contributed by atoms with Crippen LogP contribution in [0.5, 0.6) is 11.5 Å². The Balaban J connectivity index is 1.78. The Morgan fingerprint density at radius 2 is 1.83 bits per heavy atom. The SMILES string of the molecule is C/C(=C\Cc1c(O)c(C)c2c(c1OS(=O)(=O)c1ccc(C)cc1)C(=O)OC2)C1CCCC1C(=O)O. The molecular formula is C26H28O8S. The topological polar surface area (TPSA) is 127 Å². The molecule has 2 aromatic carbocycles. The second-order valence-corrected chi connectivity index (χ2v) is 10.7. The van der Waals surface area contributed by atoms with Crippen molar-refractivity contribution in [2.24, 2.45) is 11.8 Å². The Labute approximate surface area is 204 Å². The van der Waals surface area contributed by atoms with Gasteiger partial charge >= 0.3 is 22.1 Å². The fourth-order valence-corrected chi connectivity index (χ4v) is 5.89. The number of aliphatic carboxylic acids is 1. The Hall–Kier alpha value is -3.33. The van der Waals surface area contributed by atoms with Gasteiger partial charge in [-0.1, -0.05) is 35.8 Å². The first kappa shape index (κ1) is 24.8. The van der Waals surface area contributed by atoms with Gasteiger partial charge in [0.15, 0.2) is 5.75 Å². The van der Waals surface area contributed by atoms with E-state index in [2.05, 4.69) is 0 Å². The molecule has 1 aliphatic heterocycles. The van der Waals surface area contributed by atoms with E-state index in [9.17, 15) is 28.2 Å². The maximum atomic E-state index is 13.1. The Kier molecular flexibility index (Phi) is 6.64. The van der Waals surface area contributed by atoms with E-state index in [4.69, 9.17) is 8.92 Å². The normalized spacial score (nSPS) is 20.0. The smallest absolute Gasteiger partial charge is 0.342 e. The predicted molar refractivity (Wildman–Crippen MR) is 127 cm³/mol. The zero-order chi connectivity index (χ0) is 25.5. The number of cyclic esters (lactones) is 1. The van der Waals surface area contributed by atoms with Crippen LogP contribution >= 0.6 is 0 Å². The second-order valence-electron chi connectivity index (χ2n) is 9.20. The molecule has 1 fully saturated rings. The molecule has 0 amide bonds. The number of fused-ring (bicyclic) bond motifs is 1. The molecule has 0 aromatic heterocycles. The van der Waals surface area contributed by atoms with Gasteiger partial charge < -0.3 is 19.1 Å². The van der Waals surface area contributed by atoms with Gasteiger partial charge in [0.2, 0.25) is 0 Å². The summed E-state index contributed by atoms with van der Waals surface area (Å²) in [6, 6.07) is 6.09. The third-order valence-electron chi connectivity index (χ3n) is 7.00. The Bertz CT molecular complexity index is 1320. The first-order valence-electron chi connectivity index (χ1n) is 11.5. The minimum Gasteiger partial charge on any atom is -0.507 e. The summed E-state index contributed by atoms with van der Waals surface area (Å²) in [7, 11) is -4.32. The zero-order valence-electron chi connectivity index (χ0n) is 19.8. The number of allylic oxidation sites excluding steroid dienone is 2. The molecule has 35 heavy (non-hydrogen) atoms. The number of carboxylic acids is 1. The number of esters is 1. The molecular weight excluding hydrogens is 472 g/mol. The Morgan fingerprint density at radius 3 is 2.49 bits per heavy atom. The van der Waals surface area contributed by atoms with Gasteiger partial charge in [0.05, 0.1) is 5.92 Å². The van der Waals surface area contributed by atoms with Crippen molar-refractivity contribution >= 4 is 22.1 Å². The quantitative estimate of drug-likeness (QED) is 0.325. The molecule has 2 aliphatic rings. The van der Waals surface area contributed by atoms with Crippen LogP contribution in [0.15, 0.2) is 40.8 Å². The molecule has 4 rings (SSSR count). The van der Waals surface area contributed by atoms with Crippen molar-refractivity contribution in [3.05, 3.63) is 63.7 Å². The number of hydrogen-bond donors (Lipinski definition) is 2. The fourth-order valence-electron chi connectivity index (χ4n) is 4.92. The van der Waals surface area contributed by atoms with E-state index >= 15 is 0 Å². The van der Waals surface area contributed by atoms with Gasteiger partial charge in [0.25, 0.3) is 0 Å². The lowest BCUT2D eigenvalue weighted by molar-refractivity contribution is -0.142. The van der Waals surface area contributed by atoms with Crippen LogP contribution < -0.4 is 4.18 Å². The molecule has 1 heterocycles. The third kappa shape index (κ3) is 4.65. The van der Waals surface area contributed by atoms with Crippen LogP contribution in [-0.2, 0) is 32.7 Å². The van der Waals surface area contributed by atoms with E-state index in [1.807, 2.05) is 13.8 Å². The van der Waals surface area contributed by atoms with Crippen LogP contribution in [0.2, 0.25) is 0 Å². The van der Waals surface area contributed by atoms with Crippen molar-refractivity contribution in [3.63, 3.8) is 0 Å². The lowest BCUT2D eigenvalue weighted by Gasteiger charge is -2.19. The summed E-state index contributed by atoms with van der Waals surface area (Å²) >= 11 is 0. The lowest BCUT2D eigenvalue weighted by Crippen LogP contribution is -2.19. The molecule has 0 radical (unpaired) electrons. The summed E-state index contributed by atoms with van der Waals surface area (Å²) in [5.41, 5.74) is 2.63. The summed E-state index contributed by atoms with van der Waals surface area (Å²) in [6.07, 6.45) is 3.99. The number of phenolic OH excluding ortho intramolecular Hbond substituents is 1. The molecule has 0 bridgehead atoms. The van der Waals surface area contributed by atoms with Crippen LogP contribution in [0.4, 0.5) is 0 Å². The van der Waals surface area contributed by atoms with Crippen molar-refractivity contribution in [3.8, 4) is 11.5 Å². The number of rotatable bonds is 7. The number of benzene rings is 2. The fraction of sp³-hybridized carbons (Fsp3) is 0.385. The van der Waals surface area contributed by atoms with Gasteiger partial charge in [-0.3, -0.25) is 4.79 Å². The molecule has 2 aromatic rings. The van der Waals surface area contributed by atoms with E-state index in [0.29, 0.717) is 17.5 Å². The largest absolute Gasteiger partial charge is 0.507 e. The van der Waals surface area contributed by atoms with Gasteiger partial charge in [-0.25, -0.2) is 4.79 Å². The molecule has 1 aliphatic carbocycles. The monoisotopic (exact) mass is 500 g/mol. The average molecular weight is 501 g/mol. The van der Waals surface area contributed by atoms with Crippen molar-refractivity contribution in [1.82, 2.24) is 0 Å². The van der Waals surface area contributed by atoms with Crippen LogP contribution in [0.3, 0.4) is 0 Å². The molecule has 2 unspecified atom stereocenters. The lowest BCUT2D eigenvalue weighted by atomic mass is 9.88. The van der Waals surface area contributed by atoms with Crippen LogP contribution in [0, 0.1) is 25.7 Å². The number of aromatic hydroxyl groups is 1. The highest BCUT2D eigenvalue weighted by Crippen LogP contribution is 2.44. The first-order chi connectivity index (χ1) is 16.5. The Morgan fingerprint density at radius 1 is 1.17 bits per heavy atom. The molecule has 0 saturated heterocycles. The highest BCUT2D eigenvalue weighted by molar-refractivity contribution is 7.87. The van der Waals surface area contributed by atoms with Crippen molar-refractivity contribution < 1.29 is 37.1 Å². The van der Waals surface area contributed by atoms with E-state index in [1.165, 1.54) is 12.1 Å². The summed E-state index contributed by atoms with van der Waals surface area (Å²) in [6.45, 7) is 5.20. The maximum absolute atomic E-state index is 13.1. The summed E-state index contributed by atoms with van der Waals surface area (Å²) in [5.74, 6) is -2.61. The number of carbonyl (C=O) groups is 2. The van der Waals surface area contributed by atoms with E-state index in [-0.39, 0.29) is 46.5 Å². The van der Waals surface area contributed by atoms with Crippen LogP contribution in [0.1, 0.15) is 58.8 Å². The molecule has 8 nitrogen and oxygen atoms in total. The van der Waals surface area contributed by atoms with Gasteiger partial charge in [-0.2, -0.15) is 8.42 Å². The molecule has 2 atom stereocenters. The van der Waals surface area contributed by atoms with Gasteiger partial charge in [-0.05, 0) is 63.6 Å².